The number of benzene rings is 1. The molecular formula is C19H24N2O8. The molecule has 10 heteroatoms. The maximum absolute atomic E-state index is 12.5. The van der Waals surface area contributed by atoms with Gasteiger partial charge in [-0.1, -0.05) is 12.1 Å². The highest BCUT2D eigenvalue weighted by atomic mass is 16.6. The smallest absolute Gasteiger partial charge is 0.344 e. The van der Waals surface area contributed by atoms with Crippen molar-refractivity contribution in [3.63, 3.8) is 0 Å². The zero-order valence-corrected chi connectivity index (χ0v) is 16.4. The van der Waals surface area contributed by atoms with Crippen LogP contribution in [0.15, 0.2) is 24.3 Å². The van der Waals surface area contributed by atoms with Crippen LogP contribution in [-0.4, -0.2) is 60.1 Å². The molecule has 0 aliphatic carbocycles. The Morgan fingerprint density at radius 2 is 1.90 bits per heavy atom. The Labute approximate surface area is 167 Å². The Morgan fingerprint density at radius 1 is 1.24 bits per heavy atom. The first-order valence-electron chi connectivity index (χ1n) is 9.34. The number of carbonyl (C=O) groups excluding carboxylic acids is 3. The van der Waals surface area contributed by atoms with E-state index in [1.807, 2.05) is 0 Å². The van der Waals surface area contributed by atoms with Gasteiger partial charge in [-0.25, -0.2) is 4.79 Å². The molecule has 1 amide bonds. The summed E-state index contributed by atoms with van der Waals surface area (Å²) in [4.78, 5) is 48.0. The molecule has 1 aliphatic heterocycles. The highest BCUT2D eigenvalue weighted by Crippen LogP contribution is 2.25. The van der Waals surface area contributed by atoms with Crippen molar-refractivity contribution < 1.29 is 33.5 Å². The summed E-state index contributed by atoms with van der Waals surface area (Å²) in [6, 6.07) is 5.65. The van der Waals surface area contributed by atoms with E-state index in [1.54, 1.807) is 13.0 Å². The summed E-state index contributed by atoms with van der Waals surface area (Å²) >= 11 is 0. The van der Waals surface area contributed by atoms with Gasteiger partial charge in [-0.05, 0) is 32.8 Å². The molecule has 0 radical (unpaired) electrons. The van der Waals surface area contributed by atoms with Gasteiger partial charge in [0.05, 0.1) is 17.4 Å². The van der Waals surface area contributed by atoms with Crippen LogP contribution in [0.3, 0.4) is 0 Å². The summed E-state index contributed by atoms with van der Waals surface area (Å²) in [6.45, 7) is 3.69. The predicted octanol–water partition coefficient (Wildman–Crippen LogP) is 1.71. The number of esters is 2. The van der Waals surface area contributed by atoms with Gasteiger partial charge in [0.25, 0.3) is 5.91 Å². The van der Waals surface area contributed by atoms with Crippen molar-refractivity contribution >= 4 is 23.5 Å². The summed E-state index contributed by atoms with van der Waals surface area (Å²) < 4.78 is 15.2. The maximum atomic E-state index is 12.5. The second-order valence-electron chi connectivity index (χ2n) is 6.50. The van der Waals surface area contributed by atoms with E-state index in [9.17, 15) is 24.5 Å². The number of hydrogen-bond acceptors (Lipinski definition) is 8. The second-order valence-corrected chi connectivity index (χ2v) is 6.50. The normalized spacial score (nSPS) is 15.3. The van der Waals surface area contributed by atoms with Crippen LogP contribution in [0.4, 0.5) is 5.69 Å². The lowest BCUT2D eigenvalue weighted by atomic mass is 9.97. The fourth-order valence-corrected chi connectivity index (χ4v) is 3.00. The van der Waals surface area contributed by atoms with Crippen molar-refractivity contribution in [1.29, 1.82) is 0 Å². The maximum Gasteiger partial charge on any atom is 0.344 e. The highest BCUT2D eigenvalue weighted by molar-refractivity contribution is 5.84. The van der Waals surface area contributed by atoms with Crippen LogP contribution in [-0.2, 0) is 23.9 Å². The summed E-state index contributed by atoms with van der Waals surface area (Å²) in [6.07, 6.45) is -0.0473. The SMILES string of the molecule is CCOC(=O)C1CCN(C(=O)C(C)OC(=O)COc2ccccc2[N+](=O)[O-])CC1. The number of nitro benzene ring substituents is 1. The van der Waals surface area contributed by atoms with Crippen molar-refractivity contribution in [2.45, 2.75) is 32.8 Å². The van der Waals surface area contributed by atoms with Gasteiger partial charge in [-0.2, -0.15) is 0 Å². The molecule has 0 bridgehead atoms. The first kappa shape index (κ1) is 22.1. The minimum atomic E-state index is -1.03. The van der Waals surface area contributed by atoms with E-state index in [4.69, 9.17) is 14.2 Å². The molecule has 0 N–H and O–H groups in total. The molecule has 1 aliphatic rings. The van der Waals surface area contributed by atoms with Crippen LogP contribution in [0, 0.1) is 16.0 Å². The van der Waals surface area contributed by atoms with E-state index in [0.717, 1.165) is 0 Å². The number of ether oxygens (including phenoxy) is 3. The summed E-state index contributed by atoms with van der Waals surface area (Å²) in [5.74, 6) is -1.73. The van der Waals surface area contributed by atoms with E-state index >= 15 is 0 Å². The number of piperidine rings is 1. The van der Waals surface area contributed by atoms with Gasteiger partial charge in [0.1, 0.15) is 0 Å². The van der Waals surface area contributed by atoms with Gasteiger partial charge < -0.3 is 19.1 Å². The van der Waals surface area contributed by atoms with E-state index in [-0.39, 0.29) is 29.2 Å². The minimum Gasteiger partial charge on any atom is -0.475 e. The van der Waals surface area contributed by atoms with Gasteiger partial charge in [-0.15, -0.1) is 0 Å². The molecule has 2 rings (SSSR count). The van der Waals surface area contributed by atoms with Crippen molar-refractivity contribution in [2.24, 2.45) is 5.92 Å². The molecule has 0 spiro atoms. The monoisotopic (exact) mass is 408 g/mol. The lowest BCUT2D eigenvalue weighted by Crippen LogP contribution is -2.45. The zero-order chi connectivity index (χ0) is 21.4. The second kappa shape index (κ2) is 10.4. The Bertz CT molecular complexity index is 758. The average Bonchev–Trinajstić information content (AvgIpc) is 2.72. The molecule has 29 heavy (non-hydrogen) atoms. The van der Waals surface area contributed by atoms with Gasteiger partial charge in [0, 0.05) is 19.2 Å². The third kappa shape index (κ3) is 6.16. The number of para-hydroxylation sites is 2. The van der Waals surface area contributed by atoms with Crippen molar-refractivity contribution in [2.75, 3.05) is 26.3 Å². The Kier molecular flexibility index (Phi) is 7.93. The molecule has 0 aromatic heterocycles. The number of likely N-dealkylation sites (tertiary alicyclic amines) is 1. The largest absolute Gasteiger partial charge is 0.475 e. The first-order chi connectivity index (χ1) is 13.8. The average molecular weight is 408 g/mol. The molecule has 158 valence electrons. The number of nitrogens with zero attached hydrogens (tertiary/aromatic N) is 2. The Balaban J connectivity index is 1.80. The molecule has 1 fully saturated rings. The van der Waals surface area contributed by atoms with E-state index in [2.05, 4.69) is 0 Å². The molecule has 10 nitrogen and oxygen atoms in total. The number of amides is 1. The van der Waals surface area contributed by atoms with Crippen LogP contribution in [0.25, 0.3) is 0 Å². The summed E-state index contributed by atoms with van der Waals surface area (Å²) in [5, 5.41) is 10.9. The van der Waals surface area contributed by atoms with E-state index in [0.29, 0.717) is 32.5 Å². The molecule has 1 aromatic rings. The van der Waals surface area contributed by atoms with Crippen LogP contribution in [0.2, 0.25) is 0 Å². The fraction of sp³-hybridized carbons (Fsp3) is 0.526. The zero-order valence-electron chi connectivity index (χ0n) is 16.4. The summed E-state index contributed by atoms with van der Waals surface area (Å²) in [5.41, 5.74) is -0.270. The third-order valence-electron chi connectivity index (χ3n) is 4.49. The molecule has 1 aromatic carbocycles. The van der Waals surface area contributed by atoms with E-state index in [1.165, 1.54) is 30.0 Å². The lowest BCUT2D eigenvalue weighted by molar-refractivity contribution is -0.385. The minimum absolute atomic E-state index is 0.0607. The third-order valence-corrected chi connectivity index (χ3v) is 4.49. The van der Waals surface area contributed by atoms with Crippen LogP contribution in [0.1, 0.15) is 26.7 Å². The van der Waals surface area contributed by atoms with Crippen LogP contribution >= 0.6 is 0 Å². The highest BCUT2D eigenvalue weighted by Gasteiger charge is 2.31. The van der Waals surface area contributed by atoms with Gasteiger partial charge >= 0.3 is 17.6 Å². The quantitative estimate of drug-likeness (QED) is 0.361. The first-order valence-corrected chi connectivity index (χ1v) is 9.34. The lowest BCUT2D eigenvalue weighted by Gasteiger charge is -2.32. The van der Waals surface area contributed by atoms with Crippen molar-refractivity contribution in [3.8, 4) is 5.75 Å². The number of rotatable bonds is 8. The molecule has 1 saturated heterocycles. The molecular weight excluding hydrogens is 384 g/mol. The molecule has 1 heterocycles. The van der Waals surface area contributed by atoms with Gasteiger partial charge in [0.15, 0.2) is 18.5 Å². The van der Waals surface area contributed by atoms with Crippen molar-refractivity contribution in [1.82, 2.24) is 4.90 Å². The van der Waals surface area contributed by atoms with Gasteiger partial charge in [0.2, 0.25) is 0 Å². The van der Waals surface area contributed by atoms with Gasteiger partial charge in [-0.3, -0.25) is 19.7 Å². The topological polar surface area (TPSA) is 125 Å². The van der Waals surface area contributed by atoms with Crippen LogP contribution < -0.4 is 4.74 Å². The summed E-state index contributed by atoms with van der Waals surface area (Å²) in [7, 11) is 0. The number of nitro groups is 1. The number of carbonyl (C=O) groups is 3. The fourth-order valence-electron chi connectivity index (χ4n) is 3.00. The Hall–Kier alpha value is -3.17. The number of hydrogen-bond donors (Lipinski definition) is 0. The molecule has 1 unspecified atom stereocenters. The van der Waals surface area contributed by atoms with Crippen LogP contribution in [0.5, 0.6) is 5.75 Å². The Morgan fingerprint density at radius 3 is 2.52 bits per heavy atom. The van der Waals surface area contributed by atoms with Crippen molar-refractivity contribution in [3.05, 3.63) is 34.4 Å². The molecule has 1 atom stereocenters. The van der Waals surface area contributed by atoms with E-state index < -0.39 is 23.6 Å². The molecule has 0 saturated carbocycles. The standard InChI is InChI=1S/C19H24N2O8/c1-3-27-19(24)14-8-10-20(11-9-14)18(23)13(2)29-17(22)12-28-16-7-5-4-6-15(16)21(25)26/h4-7,13-14H,3,8-12H2,1-2H3. The predicted molar refractivity (Wildman–Crippen MR) is 100 cm³/mol.